The molecule has 24 heavy (non-hydrogen) atoms. The predicted octanol–water partition coefficient (Wildman–Crippen LogP) is 1.24. The quantitative estimate of drug-likeness (QED) is 0.774. The summed E-state index contributed by atoms with van der Waals surface area (Å²) in [5.74, 6) is -0.719. The molecule has 128 valence electrons. The molecule has 2 aromatic rings. The van der Waals surface area contributed by atoms with Crippen LogP contribution < -0.4 is 14.6 Å². The second-order valence-corrected chi connectivity index (χ2v) is 6.78. The molecule has 0 fully saturated rings. The smallest absolute Gasteiger partial charge is 0.241 e. The Kier molecular flexibility index (Phi) is 5.94. The Morgan fingerprint density at radius 3 is 2.29 bits per heavy atom. The van der Waals surface area contributed by atoms with Crippen molar-refractivity contribution in [2.75, 3.05) is 6.61 Å². The van der Waals surface area contributed by atoms with Crippen molar-refractivity contribution in [3.05, 3.63) is 60.2 Å². The maximum atomic E-state index is 12.4. The van der Waals surface area contributed by atoms with Gasteiger partial charge < -0.3 is 14.6 Å². The van der Waals surface area contributed by atoms with Crippen molar-refractivity contribution in [3.63, 3.8) is 0 Å². The molecule has 2 rings (SSSR count). The molecule has 6 nitrogen and oxygen atoms in total. The maximum Gasteiger partial charge on any atom is 0.241 e. The number of carboxylic acids is 1. The van der Waals surface area contributed by atoms with Crippen LogP contribution in [0.2, 0.25) is 0 Å². The van der Waals surface area contributed by atoms with E-state index >= 15 is 0 Å². The first-order chi connectivity index (χ1) is 11.4. The summed E-state index contributed by atoms with van der Waals surface area (Å²) in [5, 5.41) is 11.0. The van der Waals surface area contributed by atoms with Crippen molar-refractivity contribution in [3.8, 4) is 5.75 Å². The molecule has 0 amide bonds. The van der Waals surface area contributed by atoms with E-state index in [1.54, 1.807) is 42.5 Å². The maximum absolute atomic E-state index is 12.4. The van der Waals surface area contributed by atoms with Crippen LogP contribution >= 0.6 is 0 Å². The van der Waals surface area contributed by atoms with E-state index in [0.717, 1.165) is 0 Å². The molecule has 1 N–H and O–H groups in total. The first-order valence-electron chi connectivity index (χ1n) is 7.42. The highest BCUT2D eigenvalue weighted by molar-refractivity contribution is 7.89. The summed E-state index contributed by atoms with van der Waals surface area (Å²) in [7, 11) is -3.85. The Balaban J connectivity index is 2.27. The number of carbonyl (C=O) groups excluding carboxylic acids is 1. The Morgan fingerprint density at radius 1 is 1.12 bits per heavy atom. The molecule has 0 aromatic heterocycles. The lowest BCUT2D eigenvalue weighted by atomic mass is 10.0. The van der Waals surface area contributed by atoms with Gasteiger partial charge >= 0.3 is 0 Å². The Bertz CT molecular complexity index is 772. The van der Waals surface area contributed by atoms with Crippen LogP contribution in [0, 0.1) is 0 Å². The second-order valence-electron chi connectivity index (χ2n) is 5.07. The van der Waals surface area contributed by atoms with Gasteiger partial charge in [0, 0.05) is 12.4 Å². The molecule has 0 aliphatic carbocycles. The van der Waals surface area contributed by atoms with Gasteiger partial charge in [-0.1, -0.05) is 30.3 Å². The zero-order valence-corrected chi connectivity index (χ0v) is 14.0. The first kappa shape index (κ1) is 18.0. The first-order valence-corrected chi connectivity index (χ1v) is 8.90. The summed E-state index contributed by atoms with van der Waals surface area (Å²) >= 11 is 0. The summed E-state index contributed by atoms with van der Waals surface area (Å²) in [5.41, 5.74) is 0.516. The van der Waals surface area contributed by atoms with Crippen molar-refractivity contribution in [1.29, 1.82) is 0 Å². The van der Waals surface area contributed by atoms with E-state index in [4.69, 9.17) is 4.74 Å². The molecule has 0 saturated heterocycles. The van der Waals surface area contributed by atoms with E-state index < -0.39 is 28.5 Å². The topological polar surface area (TPSA) is 95.5 Å². The van der Waals surface area contributed by atoms with Crippen LogP contribution in [0.4, 0.5) is 0 Å². The third-order valence-corrected chi connectivity index (χ3v) is 4.80. The molecular formula is C17H18NO5S-. The van der Waals surface area contributed by atoms with Crippen LogP contribution in [0.1, 0.15) is 24.9 Å². The molecule has 0 spiro atoms. The summed E-state index contributed by atoms with van der Waals surface area (Å²) in [6.07, 6.45) is -0.472. The zero-order valence-electron chi connectivity index (χ0n) is 13.1. The van der Waals surface area contributed by atoms with Gasteiger partial charge in [-0.2, -0.15) is 0 Å². The Morgan fingerprint density at radius 2 is 1.75 bits per heavy atom. The van der Waals surface area contributed by atoms with E-state index in [9.17, 15) is 18.3 Å². The minimum Gasteiger partial charge on any atom is -0.550 e. The van der Waals surface area contributed by atoms with Crippen molar-refractivity contribution in [1.82, 2.24) is 4.72 Å². The van der Waals surface area contributed by atoms with Crippen LogP contribution in [0.15, 0.2) is 59.5 Å². The third-order valence-electron chi connectivity index (χ3n) is 3.32. The Labute approximate surface area is 141 Å². The number of rotatable bonds is 8. The number of benzene rings is 2. The van der Waals surface area contributed by atoms with E-state index in [0.29, 0.717) is 17.9 Å². The molecule has 1 atom stereocenters. The lowest BCUT2D eigenvalue weighted by Crippen LogP contribution is -2.34. The van der Waals surface area contributed by atoms with Gasteiger partial charge in [0.1, 0.15) is 5.75 Å². The number of carboxylic acid groups (broad SMARTS) is 1. The van der Waals surface area contributed by atoms with Crippen LogP contribution in [0.5, 0.6) is 5.75 Å². The number of aliphatic carboxylic acids is 1. The van der Waals surface area contributed by atoms with Gasteiger partial charge in [-0.25, -0.2) is 13.1 Å². The van der Waals surface area contributed by atoms with Crippen molar-refractivity contribution in [2.24, 2.45) is 0 Å². The highest BCUT2D eigenvalue weighted by atomic mass is 32.2. The standard InChI is InChI=1S/C17H19NO5S/c1-2-23-14-10-8-13(9-11-14)16(12-17(19)20)18-24(21,22)15-6-4-3-5-7-15/h3-11,16,18H,2,12H2,1H3,(H,19,20)/p-1. The number of nitrogens with one attached hydrogen (secondary N) is 1. The molecule has 2 aromatic carbocycles. The SMILES string of the molecule is CCOc1ccc(C(CC(=O)[O-])NS(=O)(=O)c2ccccc2)cc1. The molecule has 0 aliphatic rings. The molecule has 0 radical (unpaired) electrons. The summed E-state index contributed by atoms with van der Waals surface area (Å²) in [6.45, 7) is 2.35. The van der Waals surface area contributed by atoms with Crippen LogP contribution in [0.25, 0.3) is 0 Å². The van der Waals surface area contributed by atoms with E-state index in [2.05, 4.69) is 4.72 Å². The molecule has 7 heteroatoms. The van der Waals surface area contributed by atoms with Crippen LogP contribution in [0.3, 0.4) is 0 Å². The summed E-state index contributed by atoms with van der Waals surface area (Å²) < 4.78 is 32.6. The average molecular weight is 348 g/mol. The van der Waals surface area contributed by atoms with Gasteiger partial charge in [-0.15, -0.1) is 0 Å². The number of sulfonamides is 1. The van der Waals surface area contributed by atoms with Gasteiger partial charge in [-0.3, -0.25) is 0 Å². The highest BCUT2D eigenvalue weighted by Crippen LogP contribution is 2.22. The number of ether oxygens (including phenoxy) is 1. The predicted molar refractivity (Wildman–Crippen MR) is 86.7 cm³/mol. The minimum atomic E-state index is -3.85. The van der Waals surface area contributed by atoms with Gasteiger partial charge in [-0.05, 0) is 36.8 Å². The van der Waals surface area contributed by atoms with Gasteiger partial charge in [0.15, 0.2) is 0 Å². The number of carbonyl (C=O) groups is 1. The number of hydrogen-bond donors (Lipinski definition) is 1. The normalized spacial score (nSPS) is 12.5. The van der Waals surface area contributed by atoms with Crippen molar-refractivity contribution >= 4 is 16.0 Å². The van der Waals surface area contributed by atoms with Gasteiger partial charge in [0.2, 0.25) is 10.0 Å². The van der Waals surface area contributed by atoms with E-state index in [-0.39, 0.29) is 4.90 Å². The minimum absolute atomic E-state index is 0.0688. The van der Waals surface area contributed by atoms with Crippen molar-refractivity contribution in [2.45, 2.75) is 24.3 Å². The second kappa shape index (κ2) is 7.94. The fourth-order valence-corrected chi connectivity index (χ4v) is 3.46. The summed E-state index contributed by atoms with van der Waals surface area (Å²) in [6, 6.07) is 13.4. The lowest BCUT2D eigenvalue weighted by molar-refractivity contribution is -0.306. The molecule has 0 saturated carbocycles. The molecule has 1 unspecified atom stereocenters. The van der Waals surface area contributed by atoms with E-state index in [1.165, 1.54) is 12.1 Å². The van der Waals surface area contributed by atoms with Crippen LogP contribution in [-0.4, -0.2) is 21.0 Å². The fraction of sp³-hybridized carbons (Fsp3) is 0.235. The third kappa shape index (κ3) is 4.81. The highest BCUT2D eigenvalue weighted by Gasteiger charge is 2.21. The number of hydrogen-bond acceptors (Lipinski definition) is 5. The molecular weight excluding hydrogens is 330 g/mol. The summed E-state index contributed by atoms with van der Waals surface area (Å²) in [4.78, 5) is 11.1. The van der Waals surface area contributed by atoms with E-state index in [1.807, 2.05) is 6.92 Å². The van der Waals surface area contributed by atoms with Crippen molar-refractivity contribution < 1.29 is 23.1 Å². The zero-order chi connectivity index (χ0) is 17.6. The Hall–Kier alpha value is -2.38. The molecule has 0 bridgehead atoms. The van der Waals surface area contributed by atoms with Gasteiger partial charge in [0.25, 0.3) is 0 Å². The van der Waals surface area contributed by atoms with Crippen LogP contribution in [-0.2, 0) is 14.8 Å². The lowest BCUT2D eigenvalue weighted by Gasteiger charge is -2.20. The largest absolute Gasteiger partial charge is 0.550 e. The molecule has 0 aliphatic heterocycles. The van der Waals surface area contributed by atoms with Gasteiger partial charge in [0.05, 0.1) is 17.5 Å². The molecule has 0 heterocycles. The monoisotopic (exact) mass is 348 g/mol. The average Bonchev–Trinajstić information content (AvgIpc) is 2.55. The fourth-order valence-electron chi connectivity index (χ4n) is 2.21.